The van der Waals surface area contributed by atoms with Gasteiger partial charge in [-0.2, -0.15) is 4.31 Å². The van der Waals surface area contributed by atoms with Crippen LogP contribution in [0.5, 0.6) is 5.75 Å². The van der Waals surface area contributed by atoms with E-state index in [1.807, 2.05) is 45.0 Å². The molecule has 0 spiro atoms. The third-order valence-corrected chi connectivity index (χ3v) is 10.6. The quantitative estimate of drug-likeness (QED) is 0.309. The van der Waals surface area contributed by atoms with Gasteiger partial charge in [-0.1, -0.05) is 50.6 Å². The number of Topliss-reactive ketones (excluding diaryl/α,β-unsaturated/α-hetero) is 1. The number of thiophene rings is 1. The highest BCUT2D eigenvalue weighted by Gasteiger charge is 2.35. The highest BCUT2D eigenvalue weighted by atomic mass is 32.2. The lowest BCUT2D eigenvalue weighted by molar-refractivity contribution is -0.141. The van der Waals surface area contributed by atoms with Crippen molar-refractivity contribution in [3.8, 4) is 5.75 Å². The first-order valence-electron chi connectivity index (χ1n) is 13.1. The van der Waals surface area contributed by atoms with Crippen LogP contribution in [0.15, 0.2) is 53.4 Å². The van der Waals surface area contributed by atoms with Gasteiger partial charge in [-0.25, -0.2) is 8.42 Å². The Balaban J connectivity index is 1.77. The average molecular weight is 570 g/mol. The number of rotatable bonds is 9. The second-order valence-corrected chi connectivity index (χ2v) is 13.3. The minimum atomic E-state index is -3.83. The van der Waals surface area contributed by atoms with Crippen LogP contribution in [0.2, 0.25) is 0 Å². The summed E-state index contributed by atoms with van der Waals surface area (Å²) in [6.45, 7) is 9.36. The highest BCUT2D eigenvalue weighted by Crippen LogP contribution is 2.39. The van der Waals surface area contributed by atoms with Crippen molar-refractivity contribution in [3.05, 3.63) is 80.5 Å². The molecule has 3 atom stereocenters. The van der Waals surface area contributed by atoms with Gasteiger partial charge in [-0.3, -0.25) is 9.59 Å². The molecule has 7 nitrogen and oxygen atoms in total. The zero-order chi connectivity index (χ0) is 28.5. The molecule has 0 saturated heterocycles. The second-order valence-electron chi connectivity index (χ2n) is 10.3. The van der Waals surface area contributed by atoms with Gasteiger partial charge < -0.3 is 9.84 Å². The van der Waals surface area contributed by atoms with Gasteiger partial charge >= 0.3 is 5.97 Å². The van der Waals surface area contributed by atoms with E-state index in [4.69, 9.17) is 4.74 Å². The van der Waals surface area contributed by atoms with Gasteiger partial charge in [0.25, 0.3) is 0 Å². The van der Waals surface area contributed by atoms with Crippen molar-refractivity contribution in [1.82, 2.24) is 4.31 Å². The van der Waals surface area contributed by atoms with Crippen molar-refractivity contribution in [3.63, 3.8) is 0 Å². The van der Waals surface area contributed by atoms with E-state index in [0.29, 0.717) is 17.0 Å². The number of para-hydroxylation sites is 1. The molecule has 3 aromatic rings. The summed E-state index contributed by atoms with van der Waals surface area (Å²) in [6.07, 6.45) is 1.29. The Morgan fingerprint density at radius 1 is 1.13 bits per heavy atom. The third-order valence-electron chi connectivity index (χ3n) is 7.31. The zero-order valence-electron chi connectivity index (χ0n) is 22.9. The van der Waals surface area contributed by atoms with Crippen LogP contribution in [0.4, 0.5) is 0 Å². The number of carbonyl (C=O) groups is 2. The van der Waals surface area contributed by atoms with E-state index in [-0.39, 0.29) is 29.9 Å². The normalized spacial score (nSPS) is 18.4. The minimum absolute atomic E-state index is 0.0504. The molecule has 208 valence electrons. The first kappa shape index (κ1) is 29.0. The van der Waals surface area contributed by atoms with Crippen molar-refractivity contribution in [2.75, 3.05) is 6.54 Å². The van der Waals surface area contributed by atoms with E-state index in [2.05, 4.69) is 0 Å². The van der Waals surface area contributed by atoms with Crippen LogP contribution in [-0.2, 0) is 21.4 Å². The van der Waals surface area contributed by atoms with Crippen LogP contribution in [0.25, 0.3) is 0 Å². The second kappa shape index (κ2) is 11.6. The predicted octanol–water partition coefficient (Wildman–Crippen LogP) is 6.17. The molecule has 2 heterocycles. The van der Waals surface area contributed by atoms with Crippen LogP contribution in [0.1, 0.15) is 76.3 Å². The van der Waals surface area contributed by atoms with Crippen LogP contribution in [0, 0.1) is 19.8 Å². The molecule has 0 bridgehead atoms. The van der Waals surface area contributed by atoms with Crippen LogP contribution >= 0.6 is 11.3 Å². The molecule has 0 amide bonds. The van der Waals surface area contributed by atoms with Gasteiger partial charge in [0.2, 0.25) is 10.0 Å². The van der Waals surface area contributed by atoms with Crippen molar-refractivity contribution in [1.29, 1.82) is 0 Å². The number of fused-ring (bicyclic) bond motifs is 1. The first-order valence-corrected chi connectivity index (χ1v) is 15.4. The van der Waals surface area contributed by atoms with Crippen LogP contribution in [-0.4, -0.2) is 42.2 Å². The molecule has 0 radical (unpaired) electrons. The summed E-state index contributed by atoms with van der Waals surface area (Å²) < 4.78 is 35.1. The number of aliphatic carboxylic acids is 1. The summed E-state index contributed by atoms with van der Waals surface area (Å²) in [5, 5.41) is 9.95. The van der Waals surface area contributed by atoms with E-state index in [1.165, 1.54) is 22.6 Å². The third kappa shape index (κ3) is 5.95. The Kier molecular flexibility index (Phi) is 8.63. The SMILES string of the molecule is CCC[C@@H]1CN(Cc2cc(C(c3cc(C)c(C(C)=O)s3)C(C)C(=O)O)ccc2C)S(=O)(=O)c2ccccc2O1. The molecular formula is C30H35NO6S2. The molecule has 39 heavy (non-hydrogen) atoms. The fraction of sp³-hybridized carbons (Fsp3) is 0.400. The fourth-order valence-corrected chi connectivity index (χ4v) is 8.03. The highest BCUT2D eigenvalue weighted by molar-refractivity contribution is 7.89. The maximum Gasteiger partial charge on any atom is 0.307 e. The van der Waals surface area contributed by atoms with E-state index >= 15 is 0 Å². The number of hydrogen-bond acceptors (Lipinski definition) is 6. The number of hydrogen-bond donors (Lipinski definition) is 1. The Morgan fingerprint density at radius 2 is 1.85 bits per heavy atom. The smallest absolute Gasteiger partial charge is 0.307 e. The fourth-order valence-electron chi connectivity index (χ4n) is 5.16. The molecule has 0 fully saturated rings. The Hall–Kier alpha value is -3.01. The molecule has 1 aliphatic rings. The molecule has 9 heteroatoms. The summed E-state index contributed by atoms with van der Waals surface area (Å²) in [5.74, 6) is -1.87. The van der Waals surface area contributed by atoms with Crippen LogP contribution < -0.4 is 4.74 Å². The van der Waals surface area contributed by atoms with Gasteiger partial charge in [0, 0.05) is 17.3 Å². The first-order chi connectivity index (χ1) is 18.4. The molecule has 2 aromatic carbocycles. The van der Waals surface area contributed by atoms with Gasteiger partial charge in [-0.05, 0) is 67.6 Å². The lowest BCUT2D eigenvalue weighted by Crippen LogP contribution is -2.36. The van der Waals surface area contributed by atoms with Crippen LogP contribution in [0.3, 0.4) is 0 Å². The molecule has 1 N–H and O–H groups in total. The lowest BCUT2D eigenvalue weighted by atomic mass is 9.84. The van der Waals surface area contributed by atoms with E-state index in [0.717, 1.165) is 33.6 Å². The lowest BCUT2D eigenvalue weighted by Gasteiger charge is -2.25. The summed E-state index contributed by atoms with van der Waals surface area (Å²) >= 11 is 1.33. The number of ether oxygens (including phenoxy) is 1. The van der Waals surface area contributed by atoms with E-state index in [9.17, 15) is 23.1 Å². The average Bonchev–Trinajstić information content (AvgIpc) is 3.22. The molecule has 1 aromatic heterocycles. The monoisotopic (exact) mass is 569 g/mol. The Labute approximate surface area is 234 Å². The summed E-state index contributed by atoms with van der Waals surface area (Å²) in [5.41, 5.74) is 3.31. The number of carbonyl (C=O) groups excluding carboxylic acids is 1. The summed E-state index contributed by atoms with van der Waals surface area (Å²) in [6, 6.07) is 14.4. The summed E-state index contributed by atoms with van der Waals surface area (Å²) in [7, 11) is -3.83. The Morgan fingerprint density at radius 3 is 2.49 bits per heavy atom. The van der Waals surface area contributed by atoms with E-state index in [1.54, 1.807) is 31.2 Å². The number of aryl methyl sites for hydroxylation is 2. The van der Waals surface area contributed by atoms with Gasteiger partial charge in [0.15, 0.2) is 5.78 Å². The van der Waals surface area contributed by atoms with Crippen molar-refractivity contribution >= 4 is 33.1 Å². The Bertz CT molecular complexity index is 1490. The molecule has 2 unspecified atom stereocenters. The van der Waals surface area contributed by atoms with Crippen molar-refractivity contribution < 1.29 is 27.9 Å². The van der Waals surface area contributed by atoms with Gasteiger partial charge in [-0.15, -0.1) is 11.3 Å². The largest absolute Gasteiger partial charge is 0.488 e. The number of ketones is 1. The zero-order valence-corrected chi connectivity index (χ0v) is 24.6. The topological polar surface area (TPSA) is 101 Å². The number of nitrogens with zero attached hydrogens (tertiary/aromatic N) is 1. The van der Waals surface area contributed by atoms with Crippen molar-refractivity contribution in [2.24, 2.45) is 5.92 Å². The maximum atomic E-state index is 13.8. The number of carboxylic acids is 1. The number of sulfonamides is 1. The van der Waals surface area contributed by atoms with Gasteiger partial charge in [0.05, 0.1) is 17.3 Å². The maximum absolute atomic E-state index is 13.8. The number of carboxylic acid groups (broad SMARTS) is 1. The predicted molar refractivity (Wildman–Crippen MR) is 152 cm³/mol. The van der Waals surface area contributed by atoms with E-state index < -0.39 is 27.8 Å². The molecular weight excluding hydrogens is 534 g/mol. The van der Waals surface area contributed by atoms with Gasteiger partial charge in [0.1, 0.15) is 16.7 Å². The molecule has 0 aliphatic carbocycles. The standard InChI is InChI=1S/C30H35NO6S2/c1-6-9-24-17-31(39(35,36)27-11-8-7-10-25(27)37-24)16-23-15-22(13-12-18(23)2)28(20(4)30(33)34)26-14-19(3)29(38-26)21(5)32/h7-8,10-15,20,24,28H,6,9,16-17H2,1-5H3,(H,33,34)/t20?,24-,28?/m1/s1. The molecule has 0 saturated carbocycles. The molecule has 1 aliphatic heterocycles. The van der Waals surface area contributed by atoms with Crippen molar-refractivity contribution in [2.45, 2.75) is 70.9 Å². The summed E-state index contributed by atoms with van der Waals surface area (Å²) in [4.78, 5) is 25.9. The minimum Gasteiger partial charge on any atom is -0.488 e. The number of benzene rings is 2. The molecule has 4 rings (SSSR count).